The number of amidine groups is 1. The maximum Gasteiger partial charge on any atom is 0.266 e. The number of rotatable bonds is 3. The Balaban J connectivity index is 1.93. The molecule has 1 fully saturated rings. The maximum atomic E-state index is 12.5. The Bertz CT molecular complexity index is 887. The number of aryl methyl sites for hydroxylation is 2. The number of hydrogen-bond donors (Lipinski definition) is 0. The van der Waals surface area contributed by atoms with Crippen LogP contribution in [-0.4, -0.2) is 30.1 Å². The predicted octanol–water partition coefficient (Wildman–Crippen LogP) is 4.55. The van der Waals surface area contributed by atoms with Crippen molar-refractivity contribution in [3.8, 4) is 5.75 Å². The molecule has 0 spiro atoms. The van der Waals surface area contributed by atoms with Crippen molar-refractivity contribution in [3.05, 3.63) is 64.1 Å². The van der Waals surface area contributed by atoms with Crippen molar-refractivity contribution < 1.29 is 9.53 Å². The van der Waals surface area contributed by atoms with Crippen molar-refractivity contribution in [2.45, 2.75) is 13.8 Å². The van der Waals surface area contributed by atoms with E-state index in [1.165, 1.54) is 11.8 Å². The fourth-order valence-corrected chi connectivity index (χ4v) is 3.46. The van der Waals surface area contributed by atoms with Gasteiger partial charge in [-0.2, -0.15) is 0 Å². The molecule has 2 aromatic carbocycles. The topological polar surface area (TPSA) is 41.9 Å². The molecule has 0 N–H and O–H groups in total. The Hall–Kier alpha value is -2.53. The van der Waals surface area contributed by atoms with E-state index in [1.54, 1.807) is 19.1 Å². The van der Waals surface area contributed by atoms with Gasteiger partial charge in [-0.1, -0.05) is 24.3 Å². The van der Waals surface area contributed by atoms with Crippen LogP contribution in [0.2, 0.25) is 0 Å². The van der Waals surface area contributed by atoms with Gasteiger partial charge < -0.3 is 4.74 Å². The number of methoxy groups -OCH3 is 1. The average molecular weight is 352 g/mol. The average Bonchev–Trinajstić information content (AvgIpc) is 2.86. The van der Waals surface area contributed by atoms with E-state index in [0.717, 1.165) is 28.1 Å². The Morgan fingerprint density at radius 3 is 2.72 bits per heavy atom. The minimum Gasteiger partial charge on any atom is -0.497 e. The van der Waals surface area contributed by atoms with Crippen molar-refractivity contribution in [3.63, 3.8) is 0 Å². The van der Waals surface area contributed by atoms with Gasteiger partial charge in [0, 0.05) is 7.05 Å². The molecule has 3 rings (SSSR count). The number of thioether (sulfide) groups is 1. The molecule has 0 unspecified atom stereocenters. The first kappa shape index (κ1) is 17.3. The summed E-state index contributed by atoms with van der Waals surface area (Å²) in [5.41, 5.74) is 4.06. The van der Waals surface area contributed by atoms with Gasteiger partial charge in [-0.05, 0) is 66.6 Å². The fraction of sp³-hybridized carbons (Fsp3) is 0.200. The predicted molar refractivity (Wildman–Crippen MR) is 104 cm³/mol. The van der Waals surface area contributed by atoms with Crippen LogP contribution < -0.4 is 4.74 Å². The summed E-state index contributed by atoms with van der Waals surface area (Å²) in [7, 11) is 3.39. The minimum atomic E-state index is -0.0446. The lowest BCUT2D eigenvalue weighted by Crippen LogP contribution is -2.23. The van der Waals surface area contributed by atoms with Crippen molar-refractivity contribution in [2.24, 2.45) is 4.99 Å². The molecule has 0 saturated carbocycles. The molecule has 128 valence electrons. The minimum absolute atomic E-state index is 0.0446. The molecule has 1 aliphatic rings. The summed E-state index contributed by atoms with van der Waals surface area (Å²) in [4.78, 5) is 19.5. The zero-order valence-corrected chi connectivity index (χ0v) is 15.6. The van der Waals surface area contributed by atoms with Crippen molar-refractivity contribution in [1.82, 2.24) is 4.90 Å². The van der Waals surface area contributed by atoms with Crippen molar-refractivity contribution >= 4 is 34.6 Å². The summed E-state index contributed by atoms with van der Waals surface area (Å²) in [6, 6.07) is 13.8. The monoisotopic (exact) mass is 352 g/mol. The Kier molecular flexibility index (Phi) is 4.95. The van der Waals surface area contributed by atoms with E-state index in [1.807, 2.05) is 56.3 Å². The number of hydrogen-bond acceptors (Lipinski definition) is 4. The van der Waals surface area contributed by atoms with E-state index in [2.05, 4.69) is 6.07 Å². The van der Waals surface area contributed by atoms with Gasteiger partial charge >= 0.3 is 0 Å². The molecular formula is C20H20N2O2S. The number of likely N-dealkylation sites (N-methyl/N-ethyl adjacent to an activating group) is 1. The largest absolute Gasteiger partial charge is 0.497 e. The molecule has 0 aliphatic carbocycles. The summed E-state index contributed by atoms with van der Waals surface area (Å²) in [6.07, 6.45) is 1.87. The molecule has 4 nitrogen and oxygen atoms in total. The second-order valence-electron chi connectivity index (χ2n) is 5.94. The Morgan fingerprint density at radius 1 is 1.16 bits per heavy atom. The molecule has 5 heteroatoms. The summed E-state index contributed by atoms with van der Waals surface area (Å²) in [5, 5.41) is 0.688. The molecule has 0 bridgehead atoms. The van der Waals surface area contributed by atoms with Crippen LogP contribution in [0.25, 0.3) is 6.08 Å². The van der Waals surface area contributed by atoms with Gasteiger partial charge in [0.2, 0.25) is 0 Å². The number of carbonyl (C=O) groups is 1. The highest BCUT2D eigenvalue weighted by atomic mass is 32.2. The summed E-state index contributed by atoms with van der Waals surface area (Å²) in [5.74, 6) is 0.722. The van der Waals surface area contributed by atoms with Gasteiger partial charge in [0.1, 0.15) is 5.75 Å². The van der Waals surface area contributed by atoms with Crippen molar-refractivity contribution in [1.29, 1.82) is 0 Å². The molecule has 0 radical (unpaired) electrons. The first-order valence-corrected chi connectivity index (χ1v) is 8.77. The zero-order valence-electron chi connectivity index (χ0n) is 14.7. The number of carbonyl (C=O) groups excluding carboxylic acids is 1. The van der Waals surface area contributed by atoms with Gasteiger partial charge in [0.25, 0.3) is 5.91 Å². The van der Waals surface area contributed by atoms with E-state index in [4.69, 9.17) is 9.73 Å². The van der Waals surface area contributed by atoms with Crippen LogP contribution in [0.3, 0.4) is 0 Å². The lowest BCUT2D eigenvalue weighted by molar-refractivity contribution is -0.121. The highest BCUT2D eigenvalue weighted by Crippen LogP contribution is 2.34. The van der Waals surface area contributed by atoms with Crippen LogP contribution in [-0.2, 0) is 4.79 Å². The molecule has 25 heavy (non-hydrogen) atoms. The molecule has 1 saturated heterocycles. The van der Waals surface area contributed by atoms with Crippen LogP contribution in [0, 0.1) is 13.8 Å². The van der Waals surface area contributed by atoms with Gasteiger partial charge in [0.15, 0.2) is 5.17 Å². The number of nitrogens with zero attached hydrogens (tertiary/aromatic N) is 2. The van der Waals surface area contributed by atoms with Gasteiger partial charge in [-0.25, -0.2) is 4.99 Å². The third-order valence-electron chi connectivity index (χ3n) is 3.98. The van der Waals surface area contributed by atoms with Gasteiger partial charge in [-0.3, -0.25) is 9.69 Å². The second-order valence-corrected chi connectivity index (χ2v) is 6.94. The highest BCUT2D eigenvalue weighted by molar-refractivity contribution is 8.18. The van der Waals surface area contributed by atoms with Crippen LogP contribution >= 0.6 is 11.8 Å². The Morgan fingerprint density at radius 2 is 1.96 bits per heavy atom. The lowest BCUT2D eigenvalue weighted by Gasteiger charge is -2.08. The van der Waals surface area contributed by atoms with Crippen LogP contribution in [0.4, 0.5) is 5.69 Å². The number of aliphatic imine (C=N–C) groups is 1. The first-order chi connectivity index (χ1) is 12.0. The number of amides is 1. The molecule has 1 amide bonds. The third-order valence-corrected chi connectivity index (χ3v) is 5.04. The van der Waals surface area contributed by atoms with Crippen LogP contribution in [0.5, 0.6) is 5.75 Å². The molecule has 0 aromatic heterocycles. The van der Waals surface area contributed by atoms with E-state index in [0.29, 0.717) is 10.1 Å². The molecule has 2 aromatic rings. The second kappa shape index (κ2) is 7.15. The lowest BCUT2D eigenvalue weighted by atomic mass is 10.1. The SMILES string of the molecule is COc1cccc(/C=C2/SC(=Nc3cc(C)ccc3C)N(C)C2=O)c1. The molecule has 0 atom stereocenters. The summed E-state index contributed by atoms with van der Waals surface area (Å²) >= 11 is 1.39. The standard InChI is InChI=1S/C20H20N2O2S/c1-13-8-9-14(2)17(10-13)21-20-22(3)19(23)18(25-20)12-15-6-5-7-16(11-15)24-4/h5-12H,1-4H3/b18-12+,21-20?. The smallest absolute Gasteiger partial charge is 0.266 e. The van der Waals surface area contributed by atoms with E-state index in [-0.39, 0.29) is 5.91 Å². The van der Waals surface area contributed by atoms with E-state index >= 15 is 0 Å². The van der Waals surface area contributed by atoms with Crippen LogP contribution in [0.1, 0.15) is 16.7 Å². The summed E-state index contributed by atoms with van der Waals surface area (Å²) in [6.45, 7) is 4.06. The number of benzene rings is 2. The van der Waals surface area contributed by atoms with Gasteiger partial charge in [0.05, 0.1) is 17.7 Å². The quantitative estimate of drug-likeness (QED) is 0.761. The normalized spacial score (nSPS) is 17.6. The molecule has 1 aliphatic heterocycles. The number of ether oxygens (including phenoxy) is 1. The van der Waals surface area contributed by atoms with Crippen molar-refractivity contribution in [2.75, 3.05) is 14.2 Å². The Labute approximate surface area is 152 Å². The molecule has 1 heterocycles. The zero-order chi connectivity index (χ0) is 18.0. The maximum absolute atomic E-state index is 12.5. The van der Waals surface area contributed by atoms with E-state index in [9.17, 15) is 4.79 Å². The van der Waals surface area contributed by atoms with Crippen LogP contribution in [0.15, 0.2) is 52.4 Å². The van der Waals surface area contributed by atoms with Gasteiger partial charge in [-0.15, -0.1) is 0 Å². The first-order valence-electron chi connectivity index (χ1n) is 7.95. The highest BCUT2D eigenvalue weighted by Gasteiger charge is 2.30. The third kappa shape index (κ3) is 3.77. The fourth-order valence-electron chi connectivity index (χ4n) is 2.48. The summed E-state index contributed by atoms with van der Waals surface area (Å²) < 4.78 is 5.24. The molecular weight excluding hydrogens is 332 g/mol. The van der Waals surface area contributed by atoms with E-state index < -0.39 is 0 Å².